The summed E-state index contributed by atoms with van der Waals surface area (Å²) in [4.78, 5) is 29.2. The van der Waals surface area contributed by atoms with E-state index in [1.807, 2.05) is 78.9 Å². The van der Waals surface area contributed by atoms with Crippen LogP contribution in [0.5, 0.6) is 0 Å². The van der Waals surface area contributed by atoms with Gasteiger partial charge in [0, 0.05) is 24.6 Å². The molecule has 0 aliphatic heterocycles. The van der Waals surface area contributed by atoms with Crippen molar-refractivity contribution < 1.29 is 19.4 Å². The van der Waals surface area contributed by atoms with Crippen molar-refractivity contribution in [2.45, 2.75) is 32.8 Å². The topological polar surface area (TPSA) is 66.8 Å². The van der Waals surface area contributed by atoms with Crippen LogP contribution in [0.2, 0.25) is 0 Å². The van der Waals surface area contributed by atoms with Gasteiger partial charge in [-0.25, -0.2) is 9.59 Å². The molecular formula is C25H23Br2ClNO4PS3. The lowest BCUT2D eigenvalue weighted by atomic mass is 10.2. The first-order valence-electron chi connectivity index (χ1n) is 10.9. The van der Waals surface area contributed by atoms with E-state index in [1.54, 1.807) is 0 Å². The van der Waals surface area contributed by atoms with Crippen molar-refractivity contribution in [2.75, 3.05) is 5.88 Å². The summed E-state index contributed by atoms with van der Waals surface area (Å²) in [6.07, 6.45) is -0.719. The van der Waals surface area contributed by atoms with Crippen molar-refractivity contribution in [3.63, 3.8) is 0 Å². The van der Waals surface area contributed by atoms with E-state index in [2.05, 4.69) is 31.9 Å². The van der Waals surface area contributed by atoms with Gasteiger partial charge in [0.25, 0.3) is 0 Å². The number of halogens is 3. The lowest BCUT2D eigenvalue weighted by Crippen LogP contribution is -2.53. The molecule has 37 heavy (non-hydrogen) atoms. The molecule has 2 atom stereocenters. The van der Waals surface area contributed by atoms with Gasteiger partial charge in [0.1, 0.15) is 12.6 Å². The zero-order chi connectivity index (χ0) is 26.8. The minimum Gasteiger partial charge on any atom is -0.480 e. The Balaban J connectivity index is 2.10. The molecule has 3 aromatic carbocycles. The summed E-state index contributed by atoms with van der Waals surface area (Å²) in [5, 5.41) is 10.2. The van der Waals surface area contributed by atoms with Crippen LogP contribution in [0.4, 0.5) is 4.79 Å². The number of hydrogen-bond acceptors (Lipinski definition) is 6. The molecule has 0 saturated carbocycles. The van der Waals surface area contributed by atoms with Crippen LogP contribution < -0.4 is 0 Å². The Bertz CT molecular complexity index is 1160. The quantitative estimate of drug-likeness (QED) is 0.0873. The number of alkyl halides is 1. The molecule has 0 heterocycles. The third-order valence-corrected chi connectivity index (χ3v) is 12.7. The molecule has 5 nitrogen and oxygen atoms in total. The molecular weight excluding hydrogens is 701 g/mol. The van der Waals surface area contributed by atoms with Crippen LogP contribution in [0.3, 0.4) is 0 Å². The summed E-state index contributed by atoms with van der Waals surface area (Å²) in [6.45, 7) is -0.00186. The van der Waals surface area contributed by atoms with Gasteiger partial charge >= 0.3 is 12.1 Å². The van der Waals surface area contributed by atoms with Crippen LogP contribution in [-0.4, -0.2) is 37.9 Å². The average molecular weight is 724 g/mol. The molecule has 0 aromatic heterocycles. The first-order valence-corrected chi connectivity index (χ1v) is 17.1. The van der Waals surface area contributed by atoms with E-state index < -0.39 is 29.4 Å². The summed E-state index contributed by atoms with van der Waals surface area (Å²) in [6, 6.07) is 23.2. The lowest BCUT2D eigenvalue weighted by molar-refractivity contribution is -0.142. The van der Waals surface area contributed by atoms with E-state index >= 15 is 0 Å². The van der Waals surface area contributed by atoms with Gasteiger partial charge in [-0.3, -0.25) is 4.90 Å². The minimum absolute atomic E-state index is 0.00186. The predicted octanol–water partition coefficient (Wildman–Crippen LogP) is 8.30. The predicted molar refractivity (Wildman–Crippen MR) is 165 cm³/mol. The highest BCUT2D eigenvalue weighted by Gasteiger charge is 2.47. The van der Waals surface area contributed by atoms with Crippen LogP contribution in [0, 0.1) is 0 Å². The normalized spacial score (nSPS) is 12.4. The Labute approximate surface area is 252 Å². The molecule has 12 heteroatoms. The Kier molecular flexibility index (Phi) is 12.4. The van der Waals surface area contributed by atoms with Crippen molar-refractivity contribution in [1.29, 1.82) is 0 Å². The fraction of sp³-hybridized carbons (Fsp3) is 0.200. The van der Waals surface area contributed by atoms with Gasteiger partial charge in [0.05, 0.1) is 0 Å². The van der Waals surface area contributed by atoms with Gasteiger partial charge in [0.2, 0.25) is 0 Å². The molecule has 0 radical (unpaired) electrons. The maximum atomic E-state index is 13.8. The second-order valence-corrected chi connectivity index (χ2v) is 15.3. The number of hydrogen-bond donors (Lipinski definition) is 1. The average Bonchev–Trinajstić information content (AvgIpc) is 2.90. The molecule has 0 aliphatic carbocycles. The van der Waals surface area contributed by atoms with Crippen molar-refractivity contribution in [3.05, 3.63) is 93.4 Å². The number of rotatable bonds is 12. The van der Waals surface area contributed by atoms with E-state index in [-0.39, 0.29) is 18.9 Å². The third kappa shape index (κ3) is 8.75. The van der Waals surface area contributed by atoms with E-state index in [0.29, 0.717) is 0 Å². The first-order chi connectivity index (χ1) is 17.8. The fourth-order valence-corrected chi connectivity index (χ4v) is 9.40. The van der Waals surface area contributed by atoms with Crippen LogP contribution in [0.15, 0.2) is 97.6 Å². The molecule has 0 fully saturated rings. The van der Waals surface area contributed by atoms with E-state index in [9.17, 15) is 14.7 Å². The van der Waals surface area contributed by atoms with Crippen LogP contribution >= 0.6 is 74.3 Å². The molecule has 3 aromatic rings. The summed E-state index contributed by atoms with van der Waals surface area (Å²) in [7, 11) is -0.920. The van der Waals surface area contributed by atoms with Crippen molar-refractivity contribution >= 4 is 98.2 Å². The molecule has 0 bridgehead atoms. The second kappa shape index (κ2) is 15.0. The number of carbonyl (C=O) groups is 2. The number of thioether (sulfide) groups is 2. The van der Waals surface area contributed by atoms with E-state index in [0.717, 1.165) is 24.3 Å². The second-order valence-electron chi connectivity index (χ2n) is 7.60. The molecule has 0 spiro atoms. The number of carbonyl (C=O) groups excluding carboxylic acids is 1. The number of benzene rings is 3. The maximum absolute atomic E-state index is 13.8. The Hall–Kier alpha value is -1.000. The summed E-state index contributed by atoms with van der Waals surface area (Å²) >= 11 is 21.4. The monoisotopic (exact) mass is 721 g/mol. The van der Waals surface area contributed by atoms with E-state index in [1.165, 1.54) is 28.4 Å². The highest BCUT2D eigenvalue weighted by Crippen LogP contribution is 2.56. The zero-order valence-electron chi connectivity index (χ0n) is 19.3. The first kappa shape index (κ1) is 30.5. The largest absolute Gasteiger partial charge is 0.480 e. The third-order valence-electron chi connectivity index (χ3n) is 5.02. The van der Waals surface area contributed by atoms with Gasteiger partial charge in [-0.2, -0.15) is 0 Å². The van der Waals surface area contributed by atoms with Gasteiger partial charge in [-0.05, 0) is 67.9 Å². The molecule has 0 saturated heterocycles. The SMILES string of the molecule is O=C(O)C(CCCl)N(C(=O)OCc1ccccc1)C([PH2]=S)(Sc1ccc(Br)cc1)Sc1ccc(Br)cc1. The van der Waals surface area contributed by atoms with Gasteiger partial charge < -0.3 is 9.84 Å². The number of aliphatic carboxylic acids is 1. The standard InChI is InChI=1S/C25H23Br2ClNO4PS3/c26-18-6-10-20(11-7-18)36-25(34-35,37-21-12-8-19(27)9-13-21)29(22(14-15-28)23(30)31)24(32)33-16-17-4-2-1-3-5-17/h1-13,22H,14-16,34H2,(H,30,31). The van der Waals surface area contributed by atoms with Gasteiger partial charge in [-0.15, -0.1) is 11.6 Å². The Morgan fingerprint density at radius 3 is 1.92 bits per heavy atom. The van der Waals surface area contributed by atoms with Crippen LogP contribution in [0.25, 0.3) is 0 Å². The Morgan fingerprint density at radius 1 is 0.973 bits per heavy atom. The zero-order valence-corrected chi connectivity index (χ0v) is 26.8. The molecule has 3 rings (SSSR count). The van der Waals surface area contributed by atoms with Gasteiger partial charge in [-0.1, -0.05) is 97.5 Å². The maximum Gasteiger partial charge on any atom is 0.412 e. The highest BCUT2D eigenvalue weighted by molar-refractivity contribution is 9.10. The lowest BCUT2D eigenvalue weighted by Gasteiger charge is -2.42. The minimum atomic E-state index is -1.23. The number of nitrogens with zero attached hydrogens (tertiary/aromatic N) is 1. The molecule has 2 unspecified atom stereocenters. The van der Waals surface area contributed by atoms with Crippen LogP contribution in [-0.2, 0) is 27.9 Å². The summed E-state index contributed by atoms with van der Waals surface area (Å²) in [5.41, 5.74) is 0.789. The molecule has 0 aliphatic rings. The Morgan fingerprint density at radius 2 is 1.49 bits per heavy atom. The number of carboxylic acids is 1. The van der Waals surface area contributed by atoms with Gasteiger partial charge in [0.15, 0.2) is 3.94 Å². The smallest absolute Gasteiger partial charge is 0.412 e. The van der Waals surface area contributed by atoms with Crippen molar-refractivity contribution in [2.24, 2.45) is 0 Å². The summed E-state index contributed by atoms with van der Waals surface area (Å²) in [5.74, 6) is -1.12. The fourth-order valence-electron chi connectivity index (χ4n) is 3.29. The molecule has 1 amide bonds. The van der Waals surface area contributed by atoms with Crippen LogP contribution in [0.1, 0.15) is 12.0 Å². The molecule has 1 N–H and O–H groups in total. The summed E-state index contributed by atoms with van der Waals surface area (Å²) < 4.78 is 6.34. The van der Waals surface area contributed by atoms with Crippen molar-refractivity contribution in [3.8, 4) is 0 Å². The number of ether oxygens (including phenoxy) is 1. The highest BCUT2D eigenvalue weighted by atomic mass is 79.9. The number of amides is 1. The van der Waals surface area contributed by atoms with Crippen molar-refractivity contribution in [1.82, 2.24) is 4.90 Å². The van der Waals surface area contributed by atoms with E-state index in [4.69, 9.17) is 28.1 Å². The molecule has 196 valence electrons. The number of carboxylic acid groups (broad SMARTS) is 1.